The Kier molecular flexibility index (Phi) is 4.34. The van der Waals surface area contributed by atoms with Gasteiger partial charge >= 0.3 is 0 Å². The monoisotopic (exact) mass is 347 g/mol. The molecule has 110 valence electrons. The van der Waals surface area contributed by atoms with Gasteiger partial charge in [-0.3, -0.25) is 0 Å². The van der Waals surface area contributed by atoms with Gasteiger partial charge in [0.25, 0.3) is 0 Å². The molecule has 5 nitrogen and oxygen atoms in total. The number of nitrogens with zero attached hydrogens (tertiary/aromatic N) is 5. The van der Waals surface area contributed by atoms with Crippen LogP contribution in [0.4, 0.5) is 11.6 Å². The fourth-order valence-electron chi connectivity index (χ4n) is 2.78. The second-order valence-electron chi connectivity index (χ2n) is 5.29. The standard InChI is InChI=1S/C15H18BrN5/c1-20(14-7-6-12(16)10-17-14)11-13-4-3-9-21(13)15-5-2-8-18-19-15/h2,5-8,10,13H,3-4,9,11H2,1H3. The number of rotatable bonds is 4. The molecule has 3 rings (SSSR count). The molecule has 0 aromatic carbocycles. The highest BCUT2D eigenvalue weighted by atomic mass is 79.9. The van der Waals surface area contributed by atoms with E-state index in [0.29, 0.717) is 6.04 Å². The normalized spacial score (nSPS) is 18.0. The van der Waals surface area contributed by atoms with E-state index >= 15 is 0 Å². The Bertz CT molecular complexity index is 574. The van der Waals surface area contributed by atoms with E-state index in [2.05, 4.69) is 48.0 Å². The molecule has 0 aliphatic carbocycles. The molecule has 0 amide bonds. The Hall–Kier alpha value is -1.69. The maximum Gasteiger partial charge on any atom is 0.151 e. The van der Waals surface area contributed by atoms with Gasteiger partial charge in [0.05, 0.1) is 0 Å². The van der Waals surface area contributed by atoms with E-state index in [-0.39, 0.29) is 0 Å². The van der Waals surface area contributed by atoms with E-state index in [1.54, 1.807) is 6.20 Å². The van der Waals surface area contributed by atoms with Gasteiger partial charge in [0.1, 0.15) is 5.82 Å². The summed E-state index contributed by atoms with van der Waals surface area (Å²) in [5, 5.41) is 8.23. The third-order valence-electron chi connectivity index (χ3n) is 3.82. The Morgan fingerprint density at radius 3 is 3.00 bits per heavy atom. The molecule has 1 aliphatic heterocycles. The van der Waals surface area contributed by atoms with E-state index in [9.17, 15) is 0 Å². The molecule has 0 bridgehead atoms. The smallest absolute Gasteiger partial charge is 0.151 e. The lowest BCUT2D eigenvalue weighted by Gasteiger charge is -2.29. The van der Waals surface area contributed by atoms with Crippen molar-refractivity contribution in [1.82, 2.24) is 15.2 Å². The van der Waals surface area contributed by atoms with Crippen molar-refractivity contribution in [1.29, 1.82) is 0 Å². The molecule has 3 heterocycles. The predicted molar refractivity (Wildman–Crippen MR) is 87.6 cm³/mol. The first kappa shape index (κ1) is 14.3. The zero-order valence-corrected chi connectivity index (χ0v) is 13.6. The van der Waals surface area contributed by atoms with Crippen LogP contribution in [0.2, 0.25) is 0 Å². The van der Waals surface area contributed by atoms with Crippen LogP contribution in [-0.4, -0.2) is 41.4 Å². The minimum atomic E-state index is 0.456. The fraction of sp³-hybridized carbons (Fsp3) is 0.400. The second-order valence-corrected chi connectivity index (χ2v) is 6.20. The first-order chi connectivity index (χ1) is 10.2. The summed E-state index contributed by atoms with van der Waals surface area (Å²) < 4.78 is 1.00. The SMILES string of the molecule is CN(CC1CCCN1c1cccnn1)c1ccc(Br)cn1. The Morgan fingerprint density at radius 1 is 1.38 bits per heavy atom. The summed E-state index contributed by atoms with van der Waals surface area (Å²) in [6.07, 6.45) is 5.92. The molecule has 1 unspecified atom stereocenters. The number of hydrogen-bond donors (Lipinski definition) is 0. The number of halogens is 1. The highest BCUT2D eigenvalue weighted by Crippen LogP contribution is 2.24. The van der Waals surface area contributed by atoms with E-state index in [4.69, 9.17) is 0 Å². The first-order valence-electron chi connectivity index (χ1n) is 7.11. The third kappa shape index (κ3) is 3.32. The first-order valence-corrected chi connectivity index (χ1v) is 7.90. The van der Waals surface area contributed by atoms with E-state index in [1.807, 2.05) is 30.5 Å². The van der Waals surface area contributed by atoms with Crippen LogP contribution in [-0.2, 0) is 0 Å². The van der Waals surface area contributed by atoms with Crippen LogP contribution in [0.3, 0.4) is 0 Å². The van der Waals surface area contributed by atoms with Gasteiger partial charge in [-0.05, 0) is 53.0 Å². The Labute approximate surface area is 133 Å². The highest BCUT2D eigenvalue weighted by Gasteiger charge is 2.27. The van der Waals surface area contributed by atoms with Crippen molar-refractivity contribution in [3.8, 4) is 0 Å². The van der Waals surface area contributed by atoms with Gasteiger partial charge in [0.15, 0.2) is 5.82 Å². The molecule has 1 saturated heterocycles. The van der Waals surface area contributed by atoms with Crippen molar-refractivity contribution < 1.29 is 0 Å². The molecule has 1 aliphatic rings. The van der Waals surface area contributed by atoms with E-state index in [1.165, 1.54) is 12.8 Å². The lowest BCUT2D eigenvalue weighted by atomic mass is 10.2. The molecule has 0 N–H and O–H groups in total. The molecule has 0 radical (unpaired) electrons. The third-order valence-corrected chi connectivity index (χ3v) is 4.29. The largest absolute Gasteiger partial charge is 0.358 e. The van der Waals surface area contributed by atoms with Crippen molar-refractivity contribution in [2.24, 2.45) is 0 Å². The zero-order chi connectivity index (χ0) is 14.7. The fourth-order valence-corrected chi connectivity index (χ4v) is 3.01. The minimum absolute atomic E-state index is 0.456. The summed E-state index contributed by atoms with van der Waals surface area (Å²) in [6, 6.07) is 8.48. The summed E-state index contributed by atoms with van der Waals surface area (Å²) in [7, 11) is 2.09. The maximum atomic E-state index is 4.45. The second kappa shape index (κ2) is 6.39. The number of pyridine rings is 1. The summed E-state index contributed by atoms with van der Waals surface area (Å²) in [6.45, 7) is 1.98. The van der Waals surface area contributed by atoms with Crippen molar-refractivity contribution in [3.63, 3.8) is 0 Å². The van der Waals surface area contributed by atoms with Gasteiger partial charge in [-0.1, -0.05) is 0 Å². The van der Waals surface area contributed by atoms with Crippen molar-refractivity contribution in [2.75, 3.05) is 29.9 Å². The highest BCUT2D eigenvalue weighted by molar-refractivity contribution is 9.10. The van der Waals surface area contributed by atoms with Gasteiger partial charge < -0.3 is 9.80 Å². The molecule has 21 heavy (non-hydrogen) atoms. The number of aromatic nitrogens is 3. The summed E-state index contributed by atoms with van der Waals surface area (Å²) in [5.74, 6) is 1.96. The molecule has 0 spiro atoms. The molecule has 1 fully saturated rings. The molecule has 0 saturated carbocycles. The van der Waals surface area contributed by atoms with Crippen LogP contribution in [0.15, 0.2) is 41.1 Å². The number of likely N-dealkylation sites (N-methyl/N-ethyl adjacent to an activating group) is 1. The summed E-state index contributed by atoms with van der Waals surface area (Å²) >= 11 is 3.42. The predicted octanol–water partition coefficient (Wildman–Crippen LogP) is 2.74. The summed E-state index contributed by atoms with van der Waals surface area (Å²) in [5.41, 5.74) is 0. The summed E-state index contributed by atoms with van der Waals surface area (Å²) in [4.78, 5) is 9.00. The molecular formula is C15H18BrN5. The molecular weight excluding hydrogens is 330 g/mol. The number of anilines is 2. The van der Waals surface area contributed by atoms with Crippen molar-refractivity contribution in [2.45, 2.75) is 18.9 Å². The van der Waals surface area contributed by atoms with Crippen LogP contribution in [0.25, 0.3) is 0 Å². The van der Waals surface area contributed by atoms with E-state index in [0.717, 1.165) is 29.2 Å². The average Bonchev–Trinajstić information content (AvgIpc) is 2.97. The minimum Gasteiger partial charge on any atom is -0.358 e. The van der Waals surface area contributed by atoms with Crippen LogP contribution >= 0.6 is 15.9 Å². The van der Waals surface area contributed by atoms with Crippen molar-refractivity contribution in [3.05, 3.63) is 41.1 Å². The molecule has 2 aromatic rings. The van der Waals surface area contributed by atoms with Gasteiger partial charge in [-0.15, -0.1) is 5.10 Å². The van der Waals surface area contributed by atoms with E-state index < -0.39 is 0 Å². The quantitative estimate of drug-likeness (QED) is 0.850. The molecule has 6 heteroatoms. The Balaban J connectivity index is 1.70. The van der Waals surface area contributed by atoms with Crippen LogP contribution in [0.5, 0.6) is 0 Å². The van der Waals surface area contributed by atoms with Gasteiger partial charge in [0.2, 0.25) is 0 Å². The van der Waals surface area contributed by atoms with Crippen LogP contribution in [0.1, 0.15) is 12.8 Å². The molecule has 2 aromatic heterocycles. The van der Waals surface area contributed by atoms with Crippen LogP contribution < -0.4 is 9.80 Å². The van der Waals surface area contributed by atoms with Gasteiger partial charge in [0, 0.05) is 43.0 Å². The zero-order valence-electron chi connectivity index (χ0n) is 12.0. The van der Waals surface area contributed by atoms with Gasteiger partial charge in [-0.2, -0.15) is 5.10 Å². The maximum absolute atomic E-state index is 4.45. The lowest BCUT2D eigenvalue weighted by Crippen LogP contribution is -2.39. The average molecular weight is 348 g/mol. The molecule has 1 atom stereocenters. The van der Waals surface area contributed by atoms with Crippen LogP contribution in [0, 0.1) is 0 Å². The number of hydrogen-bond acceptors (Lipinski definition) is 5. The topological polar surface area (TPSA) is 45.2 Å². The van der Waals surface area contributed by atoms with Gasteiger partial charge in [-0.25, -0.2) is 4.98 Å². The lowest BCUT2D eigenvalue weighted by molar-refractivity contribution is 0.643. The van der Waals surface area contributed by atoms with Crippen molar-refractivity contribution >= 4 is 27.6 Å². The Morgan fingerprint density at radius 2 is 2.29 bits per heavy atom.